The number of sulfonamides is 1. The SMILES string of the molecule is CCc1ccc2nc(N(CCN(CC)CC)C(=O)c3ccc(S(=O)(=O)N(CC)CC)cc3)sc2c1. The van der Waals surface area contributed by atoms with E-state index < -0.39 is 10.0 Å². The van der Waals surface area contributed by atoms with Crippen LogP contribution in [0.15, 0.2) is 47.4 Å². The van der Waals surface area contributed by atoms with E-state index in [2.05, 4.69) is 37.8 Å². The quantitative estimate of drug-likeness (QED) is 0.343. The number of benzene rings is 2. The Balaban J connectivity index is 1.95. The summed E-state index contributed by atoms with van der Waals surface area (Å²) in [5, 5.41) is 0.658. The van der Waals surface area contributed by atoms with Gasteiger partial charge in [-0.05, 0) is 61.5 Å². The molecule has 0 spiro atoms. The lowest BCUT2D eigenvalue weighted by molar-refractivity contribution is 0.0983. The molecular weight excluding hydrogens is 480 g/mol. The zero-order valence-corrected chi connectivity index (χ0v) is 23.0. The van der Waals surface area contributed by atoms with Crippen molar-refractivity contribution < 1.29 is 13.2 Å². The van der Waals surface area contributed by atoms with Crippen LogP contribution in [0, 0.1) is 0 Å². The molecule has 3 aromatic rings. The molecule has 2 aromatic carbocycles. The van der Waals surface area contributed by atoms with E-state index in [1.165, 1.54) is 33.3 Å². The van der Waals surface area contributed by atoms with Crippen molar-refractivity contribution in [2.24, 2.45) is 0 Å². The summed E-state index contributed by atoms with van der Waals surface area (Å²) >= 11 is 1.51. The average Bonchev–Trinajstić information content (AvgIpc) is 3.30. The van der Waals surface area contributed by atoms with Crippen molar-refractivity contribution in [1.82, 2.24) is 14.2 Å². The smallest absolute Gasteiger partial charge is 0.260 e. The lowest BCUT2D eigenvalue weighted by Crippen LogP contribution is -2.39. The predicted molar refractivity (Wildman–Crippen MR) is 145 cm³/mol. The van der Waals surface area contributed by atoms with Gasteiger partial charge in [-0.15, -0.1) is 0 Å². The highest BCUT2D eigenvalue weighted by atomic mass is 32.2. The highest BCUT2D eigenvalue weighted by Crippen LogP contribution is 2.31. The first kappa shape index (κ1) is 27.3. The van der Waals surface area contributed by atoms with Crippen LogP contribution in [-0.2, 0) is 16.4 Å². The summed E-state index contributed by atoms with van der Waals surface area (Å²) in [5.41, 5.74) is 2.55. The van der Waals surface area contributed by atoms with Crippen molar-refractivity contribution in [2.45, 2.75) is 45.9 Å². The second-order valence-electron chi connectivity index (χ2n) is 8.25. The molecule has 0 radical (unpaired) electrons. The molecule has 1 heterocycles. The molecule has 9 heteroatoms. The van der Waals surface area contributed by atoms with Crippen molar-refractivity contribution >= 4 is 42.6 Å². The van der Waals surface area contributed by atoms with Gasteiger partial charge in [0, 0.05) is 31.7 Å². The van der Waals surface area contributed by atoms with Crippen LogP contribution in [0.1, 0.15) is 50.5 Å². The number of fused-ring (bicyclic) bond motifs is 1. The molecule has 0 saturated heterocycles. The molecule has 1 aromatic heterocycles. The number of aryl methyl sites for hydroxylation is 1. The van der Waals surface area contributed by atoms with Crippen LogP contribution >= 0.6 is 11.3 Å². The summed E-state index contributed by atoms with van der Waals surface area (Å²) in [6, 6.07) is 12.5. The summed E-state index contributed by atoms with van der Waals surface area (Å²) in [4.78, 5) is 22.6. The zero-order chi connectivity index (χ0) is 25.6. The zero-order valence-electron chi connectivity index (χ0n) is 21.3. The number of carbonyl (C=O) groups excluding carboxylic acids is 1. The second-order valence-corrected chi connectivity index (χ2v) is 11.2. The number of nitrogens with zero attached hydrogens (tertiary/aromatic N) is 4. The van der Waals surface area contributed by atoms with Crippen LogP contribution in [0.3, 0.4) is 0 Å². The van der Waals surface area contributed by atoms with E-state index in [0.29, 0.717) is 30.3 Å². The average molecular weight is 517 g/mol. The molecule has 35 heavy (non-hydrogen) atoms. The van der Waals surface area contributed by atoms with Gasteiger partial charge in [0.15, 0.2) is 5.13 Å². The van der Waals surface area contributed by atoms with E-state index >= 15 is 0 Å². The first-order valence-corrected chi connectivity index (χ1v) is 14.6. The predicted octanol–water partition coefficient (Wildman–Crippen LogP) is 4.88. The Morgan fingerprint density at radius 2 is 1.54 bits per heavy atom. The standard InChI is InChI=1S/C26H36N4O3S2/c1-6-20-11-16-23-24(19-20)34-26(27-23)30(18-17-28(7-2)8-3)25(31)21-12-14-22(15-13-21)35(32,33)29(9-4)10-5/h11-16,19H,6-10,17-18H2,1-5H3. The maximum Gasteiger partial charge on any atom is 0.260 e. The number of anilines is 1. The minimum Gasteiger partial charge on any atom is -0.302 e. The highest BCUT2D eigenvalue weighted by molar-refractivity contribution is 7.89. The van der Waals surface area contributed by atoms with Gasteiger partial charge in [0.2, 0.25) is 10.0 Å². The molecular formula is C26H36N4O3S2. The lowest BCUT2D eigenvalue weighted by Gasteiger charge is -2.25. The fourth-order valence-corrected chi connectivity index (χ4v) is 6.51. The maximum atomic E-state index is 13.7. The molecule has 3 rings (SSSR count). The molecule has 0 atom stereocenters. The normalized spacial score (nSPS) is 12.1. The summed E-state index contributed by atoms with van der Waals surface area (Å²) < 4.78 is 28.2. The number of thiazole rings is 1. The number of carbonyl (C=O) groups is 1. The van der Waals surface area contributed by atoms with Gasteiger partial charge in [0.25, 0.3) is 5.91 Å². The summed E-state index contributed by atoms with van der Waals surface area (Å²) in [7, 11) is -3.58. The topological polar surface area (TPSA) is 73.8 Å². The van der Waals surface area contributed by atoms with Gasteiger partial charge in [-0.3, -0.25) is 9.69 Å². The number of hydrogen-bond donors (Lipinski definition) is 0. The second kappa shape index (κ2) is 12.1. The van der Waals surface area contributed by atoms with Crippen LogP contribution in [-0.4, -0.2) is 67.8 Å². The van der Waals surface area contributed by atoms with Gasteiger partial charge in [-0.1, -0.05) is 52.0 Å². The highest BCUT2D eigenvalue weighted by Gasteiger charge is 2.25. The number of amides is 1. The van der Waals surface area contributed by atoms with E-state index in [-0.39, 0.29) is 10.8 Å². The molecule has 0 unspecified atom stereocenters. The molecule has 1 amide bonds. The van der Waals surface area contributed by atoms with Crippen LogP contribution in [0.2, 0.25) is 0 Å². The van der Waals surface area contributed by atoms with E-state index in [0.717, 1.165) is 36.3 Å². The molecule has 0 aliphatic rings. The third-order valence-corrected chi connectivity index (χ3v) is 9.41. The molecule has 0 bridgehead atoms. The van der Waals surface area contributed by atoms with Crippen molar-refractivity contribution in [1.29, 1.82) is 0 Å². The molecule has 0 N–H and O–H groups in total. The Morgan fingerprint density at radius 1 is 0.886 bits per heavy atom. The van der Waals surface area contributed by atoms with Crippen LogP contribution in [0.25, 0.3) is 10.2 Å². The van der Waals surface area contributed by atoms with E-state index in [1.807, 2.05) is 19.9 Å². The minimum absolute atomic E-state index is 0.182. The number of rotatable bonds is 12. The Labute approximate surface area is 213 Å². The monoisotopic (exact) mass is 516 g/mol. The van der Waals surface area contributed by atoms with E-state index in [9.17, 15) is 13.2 Å². The molecule has 0 aliphatic carbocycles. The molecule has 7 nitrogen and oxygen atoms in total. The molecule has 0 fully saturated rings. The Morgan fingerprint density at radius 3 is 2.11 bits per heavy atom. The van der Waals surface area contributed by atoms with Crippen molar-refractivity contribution in [3.8, 4) is 0 Å². The van der Waals surface area contributed by atoms with Crippen molar-refractivity contribution in [3.05, 3.63) is 53.6 Å². The lowest BCUT2D eigenvalue weighted by atomic mass is 10.2. The molecule has 0 aliphatic heterocycles. The first-order valence-electron chi connectivity index (χ1n) is 12.3. The largest absolute Gasteiger partial charge is 0.302 e. The Kier molecular flexibility index (Phi) is 9.40. The van der Waals surface area contributed by atoms with Gasteiger partial charge >= 0.3 is 0 Å². The Bertz CT molecular complexity index is 1230. The van der Waals surface area contributed by atoms with Gasteiger partial charge in [-0.25, -0.2) is 13.4 Å². The number of hydrogen-bond acceptors (Lipinski definition) is 6. The molecule has 0 saturated carbocycles. The molecule has 190 valence electrons. The Hall–Kier alpha value is -2.33. The van der Waals surface area contributed by atoms with Crippen LogP contribution in [0.5, 0.6) is 0 Å². The van der Waals surface area contributed by atoms with E-state index in [1.54, 1.807) is 17.0 Å². The summed E-state index contributed by atoms with van der Waals surface area (Å²) in [6.45, 7) is 13.8. The fraction of sp³-hybridized carbons (Fsp3) is 0.462. The van der Waals surface area contributed by atoms with Crippen LogP contribution in [0.4, 0.5) is 5.13 Å². The fourth-order valence-electron chi connectivity index (χ4n) is 4.00. The summed E-state index contributed by atoms with van der Waals surface area (Å²) in [6.07, 6.45) is 0.941. The van der Waals surface area contributed by atoms with Gasteiger partial charge in [0.1, 0.15) is 0 Å². The van der Waals surface area contributed by atoms with Gasteiger partial charge in [0.05, 0.1) is 15.1 Å². The van der Waals surface area contributed by atoms with Crippen LogP contribution < -0.4 is 4.90 Å². The van der Waals surface area contributed by atoms with Gasteiger partial charge < -0.3 is 4.90 Å². The van der Waals surface area contributed by atoms with Crippen molar-refractivity contribution in [2.75, 3.05) is 44.2 Å². The summed E-state index contributed by atoms with van der Waals surface area (Å²) in [5.74, 6) is -0.182. The van der Waals surface area contributed by atoms with E-state index in [4.69, 9.17) is 4.98 Å². The minimum atomic E-state index is -3.58. The third kappa shape index (κ3) is 6.09. The maximum absolute atomic E-state index is 13.7. The number of likely N-dealkylation sites (N-methyl/N-ethyl adjacent to an activating group) is 1. The van der Waals surface area contributed by atoms with Gasteiger partial charge in [-0.2, -0.15) is 4.31 Å². The number of aromatic nitrogens is 1. The third-order valence-electron chi connectivity index (χ3n) is 6.30. The van der Waals surface area contributed by atoms with Crippen molar-refractivity contribution in [3.63, 3.8) is 0 Å². The first-order chi connectivity index (χ1) is 16.8.